The Labute approximate surface area is 159 Å². The minimum Gasteiger partial charge on any atom is -0.497 e. The summed E-state index contributed by atoms with van der Waals surface area (Å²) >= 11 is 0. The SMILES string of the molecule is COc1ccc(-c2cccc(N3C(N)=NC(N)=NC34CCCCC4)c2)cc1. The molecule has 1 aliphatic carbocycles. The predicted octanol–water partition coefficient (Wildman–Crippen LogP) is 3.47. The maximum Gasteiger partial charge on any atom is 0.220 e. The first-order chi connectivity index (χ1) is 13.1. The molecule has 0 radical (unpaired) electrons. The van der Waals surface area contributed by atoms with Crippen LogP contribution in [-0.2, 0) is 0 Å². The summed E-state index contributed by atoms with van der Waals surface area (Å²) in [5.41, 5.74) is 15.1. The van der Waals surface area contributed by atoms with Crippen molar-refractivity contribution in [1.29, 1.82) is 0 Å². The Bertz CT molecular complexity index is 882. The lowest BCUT2D eigenvalue weighted by molar-refractivity contribution is 0.305. The van der Waals surface area contributed by atoms with E-state index in [0.29, 0.717) is 5.96 Å². The first-order valence-corrected chi connectivity index (χ1v) is 9.35. The fourth-order valence-electron chi connectivity index (χ4n) is 4.10. The maximum atomic E-state index is 6.33. The Hall–Kier alpha value is -3.02. The van der Waals surface area contributed by atoms with Gasteiger partial charge in [-0.2, -0.15) is 4.99 Å². The van der Waals surface area contributed by atoms with Crippen molar-refractivity contribution in [2.24, 2.45) is 21.5 Å². The molecule has 0 aromatic heterocycles. The maximum absolute atomic E-state index is 6.33. The second kappa shape index (κ2) is 6.95. The van der Waals surface area contributed by atoms with Gasteiger partial charge in [-0.3, -0.25) is 4.90 Å². The van der Waals surface area contributed by atoms with Crippen LogP contribution >= 0.6 is 0 Å². The van der Waals surface area contributed by atoms with Crippen LogP contribution in [0.15, 0.2) is 58.5 Å². The van der Waals surface area contributed by atoms with Crippen molar-refractivity contribution in [2.45, 2.75) is 37.8 Å². The van der Waals surface area contributed by atoms with Crippen molar-refractivity contribution in [1.82, 2.24) is 0 Å². The molecule has 140 valence electrons. The van der Waals surface area contributed by atoms with E-state index in [9.17, 15) is 0 Å². The van der Waals surface area contributed by atoms with Crippen molar-refractivity contribution >= 4 is 17.6 Å². The fraction of sp³-hybridized carbons (Fsp3) is 0.333. The summed E-state index contributed by atoms with van der Waals surface area (Å²) < 4.78 is 5.26. The Morgan fingerprint density at radius 1 is 0.963 bits per heavy atom. The van der Waals surface area contributed by atoms with Gasteiger partial charge in [-0.25, -0.2) is 4.99 Å². The molecule has 1 aliphatic heterocycles. The molecule has 1 spiro atoms. The summed E-state index contributed by atoms with van der Waals surface area (Å²) in [7, 11) is 1.67. The molecule has 0 unspecified atom stereocenters. The van der Waals surface area contributed by atoms with Gasteiger partial charge in [-0.05, 0) is 61.1 Å². The van der Waals surface area contributed by atoms with Crippen LogP contribution in [0.25, 0.3) is 11.1 Å². The van der Waals surface area contributed by atoms with Crippen molar-refractivity contribution in [3.05, 3.63) is 48.5 Å². The fourth-order valence-corrected chi connectivity index (χ4v) is 4.10. The number of anilines is 1. The molecule has 1 fully saturated rings. The standard InChI is InChI=1S/C21H25N5O/c1-27-18-10-8-15(9-11-18)16-6-5-7-17(14-16)26-20(23)24-19(22)25-21(26)12-3-2-4-13-21/h5-11,14H,2-4,12-13H2,1H3,(H4,22,23,24,25). The average molecular weight is 363 g/mol. The van der Waals surface area contributed by atoms with E-state index in [4.69, 9.17) is 21.2 Å². The van der Waals surface area contributed by atoms with Crippen LogP contribution in [0.3, 0.4) is 0 Å². The second-order valence-corrected chi connectivity index (χ2v) is 7.10. The smallest absolute Gasteiger partial charge is 0.220 e. The van der Waals surface area contributed by atoms with Gasteiger partial charge in [0.15, 0.2) is 0 Å². The largest absolute Gasteiger partial charge is 0.497 e. The number of benzene rings is 2. The van der Waals surface area contributed by atoms with E-state index in [-0.39, 0.29) is 5.96 Å². The normalized spacial score (nSPS) is 18.8. The van der Waals surface area contributed by atoms with E-state index in [2.05, 4.69) is 40.2 Å². The monoisotopic (exact) mass is 363 g/mol. The third-order valence-corrected chi connectivity index (χ3v) is 5.38. The van der Waals surface area contributed by atoms with Gasteiger partial charge in [0, 0.05) is 5.69 Å². The van der Waals surface area contributed by atoms with E-state index in [0.717, 1.165) is 48.2 Å². The topological polar surface area (TPSA) is 89.2 Å². The van der Waals surface area contributed by atoms with Gasteiger partial charge in [0.1, 0.15) is 11.4 Å². The molecule has 0 atom stereocenters. The number of guanidine groups is 2. The molecule has 2 aliphatic rings. The van der Waals surface area contributed by atoms with E-state index in [1.807, 2.05) is 18.2 Å². The van der Waals surface area contributed by atoms with Crippen LogP contribution in [-0.4, -0.2) is 24.7 Å². The number of rotatable bonds is 3. The molecule has 0 bridgehead atoms. The van der Waals surface area contributed by atoms with Crippen LogP contribution in [0.1, 0.15) is 32.1 Å². The minimum atomic E-state index is -0.424. The van der Waals surface area contributed by atoms with E-state index >= 15 is 0 Å². The van der Waals surface area contributed by atoms with Crippen LogP contribution in [0.4, 0.5) is 5.69 Å². The zero-order chi connectivity index (χ0) is 18.9. The summed E-state index contributed by atoms with van der Waals surface area (Å²) in [6.45, 7) is 0. The summed E-state index contributed by atoms with van der Waals surface area (Å²) in [5, 5.41) is 0. The number of hydrogen-bond acceptors (Lipinski definition) is 6. The third kappa shape index (κ3) is 3.23. The molecule has 1 heterocycles. The average Bonchev–Trinajstić information content (AvgIpc) is 2.68. The number of hydrogen-bond donors (Lipinski definition) is 2. The van der Waals surface area contributed by atoms with Gasteiger partial charge in [0.25, 0.3) is 0 Å². The van der Waals surface area contributed by atoms with E-state index < -0.39 is 5.66 Å². The van der Waals surface area contributed by atoms with Crippen LogP contribution in [0.2, 0.25) is 0 Å². The molecule has 6 heteroatoms. The first kappa shape index (κ1) is 17.4. The Morgan fingerprint density at radius 3 is 2.41 bits per heavy atom. The van der Waals surface area contributed by atoms with Crippen molar-refractivity contribution < 1.29 is 4.74 Å². The van der Waals surface area contributed by atoms with E-state index in [1.165, 1.54) is 6.42 Å². The summed E-state index contributed by atoms with van der Waals surface area (Å²) in [6, 6.07) is 16.4. The van der Waals surface area contributed by atoms with Gasteiger partial charge >= 0.3 is 0 Å². The zero-order valence-electron chi connectivity index (χ0n) is 15.6. The van der Waals surface area contributed by atoms with Crippen molar-refractivity contribution in [2.75, 3.05) is 12.0 Å². The third-order valence-electron chi connectivity index (χ3n) is 5.38. The number of aliphatic imine (C=N–C) groups is 2. The summed E-state index contributed by atoms with van der Waals surface area (Å²) in [4.78, 5) is 11.1. The number of nitrogens with zero attached hydrogens (tertiary/aromatic N) is 3. The molecule has 1 saturated carbocycles. The molecule has 4 N–H and O–H groups in total. The molecule has 0 saturated heterocycles. The van der Waals surface area contributed by atoms with Crippen LogP contribution < -0.4 is 21.1 Å². The van der Waals surface area contributed by atoms with Gasteiger partial charge in [-0.1, -0.05) is 30.7 Å². The molecule has 27 heavy (non-hydrogen) atoms. The molecule has 0 amide bonds. The lowest BCUT2D eigenvalue weighted by atomic mass is 9.87. The highest BCUT2D eigenvalue weighted by Gasteiger charge is 2.42. The molecule has 6 nitrogen and oxygen atoms in total. The predicted molar refractivity (Wildman–Crippen MR) is 110 cm³/mol. The first-order valence-electron chi connectivity index (χ1n) is 9.35. The van der Waals surface area contributed by atoms with E-state index in [1.54, 1.807) is 7.11 Å². The molecule has 2 aromatic carbocycles. The number of methoxy groups -OCH3 is 1. The second-order valence-electron chi connectivity index (χ2n) is 7.10. The Kier molecular flexibility index (Phi) is 4.48. The highest BCUT2D eigenvalue weighted by atomic mass is 16.5. The van der Waals surface area contributed by atoms with Gasteiger partial charge in [0.05, 0.1) is 7.11 Å². The minimum absolute atomic E-state index is 0.275. The zero-order valence-corrected chi connectivity index (χ0v) is 15.6. The van der Waals surface area contributed by atoms with Crippen LogP contribution in [0, 0.1) is 0 Å². The highest BCUT2D eigenvalue weighted by Crippen LogP contribution is 2.40. The highest BCUT2D eigenvalue weighted by molar-refractivity contribution is 6.05. The summed E-state index contributed by atoms with van der Waals surface area (Å²) in [5.74, 6) is 1.53. The molecule has 2 aromatic rings. The lowest BCUT2D eigenvalue weighted by Gasteiger charge is -2.45. The van der Waals surface area contributed by atoms with Crippen molar-refractivity contribution in [3.63, 3.8) is 0 Å². The van der Waals surface area contributed by atoms with Gasteiger partial charge in [-0.15, -0.1) is 0 Å². The summed E-state index contributed by atoms with van der Waals surface area (Å²) in [6.07, 6.45) is 5.29. The van der Waals surface area contributed by atoms with Gasteiger partial charge < -0.3 is 16.2 Å². The van der Waals surface area contributed by atoms with Gasteiger partial charge in [0.2, 0.25) is 11.9 Å². The quantitative estimate of drug-likeness (QED) is 0.874. The Morgan fingerprint density at radius 2 is 1.70 bits per heavy atom. The molecular weight excluding hydrogens is 338 g/mol. The number of ether oxygens (including phenoxy) is 1. The van der Waals surface area contributed by atoms with Crippen molar-refractivity contribution in [3.8, 4) is 16.9 Å². The number of nitrogens with two attached hydrogens (primary N) is 2. The van der Waals surface area contributed by atoms with Crippen LogP contribution in [0.5, 0.6) is 5.75 Å². The molecular formula is C21H25N5O. The molecule has 4 rings (SSSR count). The Balaban J connectivity index is 1.74. The lowest BCUT2D eigenvalue weighted by Crippen LogP contribution is -2.58.